The molecule has 0 saturated carbocycles. The summed E-state index contributed by atoms with van der Waals surface area (Å²) in [4.78, 5) is 0. The van der Waals surface area contributed by atoms with Crippen LogP contribution >= 0.6 is 0 Å². The van der Waals surface area contributed by atoms with Gasteiger partial charge in [-0.05, 0) is 18.1 Å². The number of anilines is 1. The Morgan fingerprint density at radius 3 is 2.62 bits per heavy atom. The van der Waals surface area contributed by atoms with Crippen LogP contribution in [0.1, 0.15) is 18.9 Å². The minimum atomic E-state index is -3.38. The number of hydrogen-bond donors (Lipinski definition) is 2. The Morgan fingerprint density at radius 1 is 1.31 bits per heavy atom. The molecule has 5 heteroatoms. The molecule has 0 saturated heterocycles. The van der Waals surface area contributed by atoms with E-state index in [9.17, 15) is 8.42 Å². The smallest absolute Gasteiger partial charge is 0.210 e. The van der Waals surface area contributed by atoms with E-state index >= 15 is 0 Å². The molecular weight excluding hydrogens is 224 g/mol. The van der Waals surface area contributed by atoms with Gasteiger partial charge in [0, 0.05) is 12.2 Å². The van der Waals surface area contributed by atoms with Crippen LogP contribution in [0.5, 0.6) is 0 Å². The lowest BCUT2D eigenvalue weighted by atomic mass is 10.1. The van der Waals surface area contributed by atoms with Crippen molar-refractivity contribution in [3.8, 4) is 0 Å². The molecular formula is C11H18N2O2S. The van der Waals surface area contributed by atoms with E-state index in [0.29, 0.717) is 6.54 Å². The van der Waals surface area contributed by atoms with Gasteiger partial charge >= 0.3 is 0 Å². The van der Waals surface area contributed by atoms with Gasteiger partial charge < -0.3 is 5.32 Å². The van der Waals surface area contributed by atoms with Gasteiger partial charge in [-0.1, -0.05) is 31.5 Å². The van der Waals surface area contributed by atoms with Crippen molar-refractivity contribution in [1.29, 1.82) is 0 Å². The first kappa shape index (κ1) is 13.0. The number of sulfonamides is 1. The molecule has 90 valence electrons. The van der Waals surface area contributed by atoms with E-state index in [0.717, 1.165) is 18.5 Å². The second kappa shape index (κ2) is 5.86. The molecule has 0 aliphatic carbocycles. The van der Waals surface area contributed by atoms with Gasteiger partial charge in [0.15, 0.2) is 0 Å². The van der Waals surface area contributed by atoms with Gasteiger partial charge in [0.1, 0.15) is 0 Å². The van der Waals surface area contributed by atoms with Crippen LogP contribution in [0.2, 0.25) is 0 Å². The molecule has 0 fully saturated rings. The molecule has 0 unspecified atom stereocenters. The molecule has 16 heavy (non-hydrogen) atoms. The van der Waals surface area contributed by atoms with E-state index in [1.165, 1.54) is 5.56 Å². The van der Waals surface area contributed by atoms with Gasteiger partial charge in [0.05, 0.1) is 5.75 Å². The van der Waals surface area contributed by atoms with E-state index in [1.807, 2.05) is 24.3 Å². The van der Waals surface area contributed by atoms with Gasteiger partial charge in [-0.2, -0.15) is 0 Å². The Morgan fingerprint density at radius 2 is 2.00 bits per heavy atom. The SMILES string of the molecule is CCCc1ccccc1NCCS(N)(=O)=O. The highest BCUT2D eigenvalue weighted by atomic mass is 32.2. The van der Waals surface area contributed by atoms with Gasteiger partial charge in [-0.15, -0.1) is 0 Å². The molecule has 0 bridgehead atoms. The molecule has 1 rings (SSSR count). The van der Waals surface area contributed by atoms with Crippen molar-refractivity contribution < 1.29 is 8.42 Å². The fourth-order valence-corrected chi connectivity index (χ4v) is 1.89. The molecule has 3 N–H and O–H groups in total. The molecule has 0 aromatic heterocycles. The summed E-state index contributed by atoms with van der Waals surface area (Å²) in [5.41, 5.74) is 2.20. The number of hydrogen-bond acceptors (Lipinski definition) is 3. The Kier molecular flexibility index (Phi) is 4.76. The molecule has 0 aliphatic heterocycles. The lowest BCUT2D eigenvalue weighted by molar-refractivity contribution is 0.598. The molecule has 1 aromatic rings. The number of aryl methyl sites for hydroxylation is 1. The normalized spacial score (nSPS) is 11.4. The average molecular weight is 242 g/mol. The monoisotopic (exact) mass is 242 g/mol. The first-order chi connectivity index (χ1) is 7.53. The summed E-state index contributed by atoms with van der Waals surface area (Å²) in [5.74, 6) is -0.0482. The van der Waals surface area contributed by atoms with Crippen LogP contribution in [-0.2, 0) is 16.4 Å². The molecule has 0 atom stereocenters. The zero-order chi connectivity index (χ0) is 12.0. The maximum Gasteiger partial charge on any atom is 0.210 e. The van der Waals surface area contributed by atoms with Crippen molar-refractivity contribution in [2.45, 2.75) is 19.8 Å². The second-order valence-corrected chi connectivity index (χ2v) is 5.43. The predicted octanol–water partition coefficient (Wildman–Crippen LogP) is 1.34. The van der Waals surface area contributed by atoms with E-state index < -0.39 is 10.0 Å². The van der Waals surface area contributed by atoms with Crippen molar-refractivity contribution in [1.82, 2.24) is 0 Å². The molecule has 0 aliphatic rings. The summed E-state index contributed by atoms with van der Waals surface area (Å²) in [6, 6.07) is 7.91. The maximum atomic E-state index is 10.8. The highest BCUT2D eigenvalue weighted by Crippen LogP contribution is 2.16. The summed E-state index contributed by atoms with van der Waals surface area (Å²) < 4.78 is 21.5. The van der Waals surface area contributed by atoms with Gasteiger partial charge in [-0.3, -0.25) is 0 Å². The fourth-order valence-electron chi connectivity index (χ4n) is 1.51. The highest BCUT2D eigenvalue weighted by molar-refractivity contribution is 7.89. The molecule has 0 radical (unpaired) electrons. The quantitative estimate of drug-likeness (QED) is 0.790. The number of rotatable bonds is 6. The van der Waals surface area contributed by atoms with Crippen molar-refractivity contribution >= 4 is 15.7 Å². The van der Waals surface area contributed by atoms with Gasteiger partial charge in [0.25, 0.3) is 0 Å². The third kappa shape index (κ3) is 4.63. The second-order valence-electron chi connectivity index (χ2n) is 3.70. The lowest BCUT2D eigenvalue weighted by Crippen LogP contribution is -2.22. The number of para-hydroxylation sites is 1. The predicted molar refractivity (Wildman–Crippen MR) is 66.9 cm³/mol. The van der Waals surface area contributed by atoms with E-state index in [-0.39, 0.29) is 5.75 Å². The van der Waals surface area contributed by atoms with Crippen molar-refractivity contribution in [3.05, 3.63) is 29.8 Å². The highest BCUT2D eigenvalue weighted by Gasteiger charge is 2.03. The zero-order valence-corrected chi connectivity index (χ0v) is 10.3. The standard InChI is InChI=1S/C11H18N2O2S/c1-2-5-10-6-3-4-7-11(10)13-8-9-16(12,14)15/h3-4,6-7,13H,2,5,8-9H2,1H3,(H2,12,14,15). The van der Waals surface area contributed by atoms with Crippen LogP contribution in [-0.4, -0.2) is 20.7 Å². The molecule has 0 spiro atoms. The van der Waals surface area contributed by atoms with Crippen LogP contribution in [0.4, 0.5) is 5.69 Å². The van der Waals surface area contributed by atoms with E-state index in [1.54, 1.807) is 0 Å². The van der Waals surface area contributed by atoms with E-state index in [2.05, 4.69) is 12.2 Å². The maximum absolute atomic E-state index is 10.8. The Bertz CT molecular complexity index is 429. The summed E-state index contributed by atoms with van der Waals surface area (Å²) in [5, 5.41) is 8.02. The van der Waals surface area contributed by atoms with Crippen LogP contribution < -0.4 is 10.5 Å². The molecule has 1 aromatic carbocycles. The molecule has 4 nitrogen and oxygen atoms in total. The number of benzene rings is 1. The summed E-state index contributed by atoms with van der Waals surface area (Å²) in [6.45, 7) is 2.46. The van der Waals surface area contributed by atoms with Gasteiger partial charge in [-0.25, -0.2) is 13.6 Å². The summed E-state index contributed by atoms with van der Waals surface area (Å²) in [6.07, 6.45) is 2.05. The van der Waals surface area contributed by atoms with E-state index in [4.69, 9.17) is 5.14 Å². The van der Waals surface area contributed by atoms with Crippen LogP contribution in [0.3, 0.4) is 0 Å². The zero-order valence-electron chi connectivity index (χ0n) is 9.44. The van der Waals surface area contributed by atoms with Crippen LogP contribution in [0, 0.1) is 0 Å². The first-order valence-electron chi connectivity index (χ1n) is 5.35. The van der Waals surface area contributed by atoms with Crippen LogP contribution in [0.15, 0.2) is 24.3 Å². The molecule has 0 heterocycles. The summed E-state index contributed by atoms with van der Waals surface area (Å²) in [7, 11) is -3.38. The van der Waals surface area contributed by atoms with Gasteiger partial charge in [0.2, 0.25) is 10.0 Å². The average Bonchev–Trinajstić information content (AvgIpc) is 2.19. The Hall–Kier alpha value is -1.07. The minimum Gasteiger partial charge on any atom is -0.384 e. The molecule has 0 amide bonds. The van der Waals surface area contributed by atoms with Crippen molar-refractivity contribution in [2.75, 3.05) is 17.6 Å². The third-order valence-electron chi connectivity index (χ3n) is 2.24. The Balaban J connectivity index is 2.59. The number of nitrogens with two attached hydrogens (primary N) is 1. The summed E-state index contributed by atoms with van der Waals surface area (Å²) >= 11 is 0. The lowest BCUT2D eigenvalue weighted by Gasteiger charge is -2.10. The third-order valence-corrected chi connectivity index (χ3v) is 3.01. The van der Waals surface area contributed by atoms with Crippen LogP contribution in [0.25, 0.3) is 0 Å². The van der Waals surface area contributed by atoms with Crippen molar-refractivity contribution in [2.24, 2.45) is 5.14 Å². The largest absolute Gasteiger partial charge is 0.384 e. The first-order valence-corrected chi connectivity index (χ1v) is 7.06. The number of primary sulfonamides is 1. The van der Waals surface area contributed by atoms with Crippen molar-refractivity contribution in [3.63, 3.8) is 0 Å². The minimum absolute atomic E-state index is 0.0482. The number of nitrogens with one attached hydrogen (secondary N) is 1. The Labute approximate surface area is 96.9 Å². The topological polar surface area (TPSA) is 72.2 Å². The fraction of sp³-hybridized carbons (Fsp3) is 0.455.